The molecule has 172 valence electrons. The van der Waals surface area contributed by atoms with Crippen molar-refractivity contribution in [2.24, 2.45) is 11.0 Å². The van der Waals surface area contributed by atoms with E-state index in [-0.39, 0.29) is 23.6 Å². The number of aromatic nitrogens is 2. The van der Waals surface area contributed by atoms with Gasteiger partial charge in [-0.3, -0.25) is 4.79 Å². The van der Waals surface area contributed by atoms with Gasteiger partial charge in [0.15, 0.2) is 0 Å². The molecule has 2 aliphatic carbocycles. The molecule has 3 aromatic rings. The fourth-order valence-electron chi connectivity index (χ4n) is 4.90. The Bertz CT molecular complexity index is 1230. The Morgan fingerprint density at radius 3 is 2.56 bits per heavy atom. The molecule has 1 aliphatic heterocycles. The van der Waals surface area contributed by atoms with Gasteiger partial charge in [-0.15, -0.1) is 10.2 Å². The van der Waals surface area contributed by atoms with E-state index >= 15 is 0 Å². The van der Waals surface area contributed by atoms with E-state index in [0.717, 1.165) is 43.4 Å². The lowest BCUT2D eigenvalue weighted by atomic mass is 9.77. The molecule has 0 saturated heterocycles. The number of rotatable bonds is 6. The van der Waals surface area contributed by atoms with E-state index in [4.69, 9.17) is 9.52 Å². The maximum absolute atomic E-state index is 13.5. The van der Waals surface area contributed by atoms with E-state index < -0.39 is 0 Å². The lowest BCUT2D eigenvalue weighted by molar-refractivity contribution is -0.130. The molecule has 1 aromatic heterocycles. The molecule has 0 N–H and O–H groups in total. The first-order valence-electron chi connectivity index (χ1n) is 11.9. The molecule has 7 heteroatoms. The zero-order valence-electron chi connectivity index (χ0n) is 18.8. The van der Waals surface area contributed by atoms with E-state index in [1.54, 1.807) is 5.01 Å². The summed E-state index contributed by atoms with van der Waals surface area (Å²) in [5.74, 6) is 1.48. The second-order valence-corrected chi connectivity index (χ2v) is 10.1. The molecule has 34 heavy (non-hydrogen) atoms. The van der Waals surface area contributed by atoms with Gasteiger partial charge in [0, 0.05) is 11.8 Å². The minimum absolute atomic E-state index is 0.0361. The molecular weight excluding hydrogens is 444 g/mol. The van der Waals surface area contributed by atoms with E-state index in [9.17, 15) is 4.79 Å². The first-order valence-corrected chi connectivity index (χ1v) is 12.9. The van der Waals surface area contributed by atoms with Crippen LogP contribution in [0, 0.1) is 5.92 Å². The Kier molecular flexibility index (Phi) is 5.79. The summed E-state index contributed by atoms with van der Waals surface area (Å²) < 4.78 is 5.74. The third-order valence-electron chi connectivity index (χ3n) is 6.71. The first kappa shape index (κ1) is 21.4. The van der Waals surface area contributed by atoms with Crippen molar-refractivity contribution in [3.8, 4) is 0 Å². The van der Waals surface area contributed by atoms with Gasteiger partial charge in [-0.25, -0.2) is 5.01 Å². The summed E-state index contributed by atoms with van der Waals surface area (Å²) >= 11 is 1.30. The van der Waals surface area contributed by atoms with Gasteiger partial charge in [-0.2, -0.15) is 5.10 Å². The van der Waals surface area contributed by atoms with Crippen LogP contribution in [-0.4, -0.2) is 32.6 Å². The van der Waals surface area contributed by atoms with E-state index in [2.05, 4.69) is 52.7 Å². The SMILES string of the molecule is O=C(CSc1nnc(C2CC2)o1)N1N=C2C(=Cc3ccccc3)CCCC2C1c1ccccc1. The summed E-state index contributed by atoms with van der Waals surface area (Å²) in [6.07, 6.45) is 7.54. The predicted molar refractivity (Wildman–Crippen MR) is 132 cm³/mol. The average molecular weight is 471 g/mol. The molecule has 6 nitrogen and oxygen atoms in total. The van der Waals surface area contributed by atoms with Crippen molar-refractivity contribution in [1.82, 2.24) is 15.2 Å². The Morgan fingerprint density at radius 2 is 1.79 bits per heavy atom. The van der Waals surface area contributed by atoms with Gasteiger partial charge in [0.1, 0.15) is 0 Å². The molecule has 2 unspecified atom stereocenters. The number of hydrogen-bond acceptors (Lipinski definition) is 6. The van der Waals surface area contributed by atoms with Crippen LogP contribution in [0.4, 0.5) is 0 Å². The number of carbonyl (C=O) groups is 1. The van der Waals surface area contributed by atoms with Crippen LogP contribution in [0.5, 0.6) is 0 Å². The topological polar surface area (TPSA) is 71.6 Å². The van der Waals surface area contributed by atoms with Crippen LogP contribution >= 0.6 is 11.8 Å². The second-order valence-electron chi connectivity index (χ2n) is 9.13. The van der Waals surface area contributed by atoms with Crippen LogP contribution in [0.2, 0.25) is 0 Å². The van der Waals surface area contributed by atoms with E-state index in [1.807, 2.05) is 24.3 Å². The summed E-state index contributed by atoms with van der Waals surface area (Å²) in [6, 6.07) is 20.5. The van der Waals surface area contributed by atoms with Crippen LogP contribution in [0.25, 0.3) is 6.08 Å². The van der Waals surface area contributed by atoms with Crippen molar-refractivity contribution in [2.45, 2.75) is 49.3 Å². The smallest absolute Gasteiger partial charge is 0.277 e. The molecule has 0 radical (unpaired) electrons. The number of amides is 1. The molecule has 0 bridgehead atoms. The molecule has 1 amide bonds. The van der Waals surface area contributed by atoms with Crippen molar-refractivity contribution in [2.75, 3.05) is 5.75 Å². The Hall–Kier alpha value is -3.19. The first-order chi connectivity index (χ1) is 16.8. The number of thioether (sulfide) groups is 1. The maximum Gasteiger partial charge on any atom is 0.277 e. The van der Waals surface area contributed by atoms with Gasteiger partial charge in [0.2, 0.25) is 5.89 Å². The van der Waals surface area contributed by atoms with Crippen molar-refractivity contribution >= 4 is 29.5 Å². The number of nitrogens with zero attached hydrogens (tertiary/aromatic N) is 4. The molecule has 2 heterocycles. The fourth-order valence-corrected chi connectivity index (χ4v) is 5.53. The summed E-state index contributed by atoms with van der Waals surface area (Å²) in [7, 11) is 0. The van der Waals surface area contributed by atoms with Gasteiger partial charge in [-0.05, 0) is 54.9 Å². The van der Waals surface area contributed by atoms with Crippen molar-refractivity contribution in [1.29, 1.82) is 0 Å². The summed E-state index contributed by atoms with van der Waals surface area (Å²) in [4.78, 5) is 13.5. The van der Waals surface area contributed by atoms with Crippen molar-refractivity contribution < 1.29 is 9.21 Å². The van der Waals surface area contributed by atoms with Crippen LogP contribution in [0.1, 0.15) is 61.1 Å². The molecule has 2 saturated carbocycles. The number of benzene rings is 2. The zero-order valence-corrected chi connectivity index (χ0v) is 19.7. The summed E-state index contributed by atoms with van der Waals surface area (Å²) in [5, 5.41) is 15.4. The molecular formula is C27H26N4O2S. The third-order valence-corrected chi connectivity index (χ3v) is 7.51. The van der Waals surface area contributed by atoms with Gasteiger partial charge in [-0.1, -0.05) is 72.4 Å². The highest BCUT2D eigenvalue weighted by molar-refractivity contribution is 7.99. The maximum atomic E-state index is 13.5. The number of carbonyl (C=O) groups excluding carboxylic acids is 1. The lowest BCUT2D eigenvalue weighted by Crippen LogP contribution is -2.32. The van der Waals surface area contributed by atoms with E-state index in [1.165, 1.54) is 22.9 Å². The molecule has 3 aliphatic rings. The highest BCUT2D eigenvalue weighted by atomic mass is 32.2. The number of hydrazone groups is 1. The summed E-state index contributed by atoms with van der Waals surface area (Å²) in [6.45, 7) is 0. The number of hydrogen-bond donors (Lipinski definition) is 0. The molecule has 6 rings (SSSR count). The second kappa shape index (κ2) is 9.22. The highest BCUT2D eigenvalue weighted by Gasteiger charge is 2.43. The lowest BCUT2D eigenvalue weighted by Gasteiger charge is -2.29. The van der Waals surface area contributed by atoms with E-state index in [0.29, 0.717) is 17.0 Å². The van der Waals surface area contributed by atoms with Crippen molar-refractivity contribution in [3.05, 3.63) is 83.3 Å². The number of fused-ring (bicyclic) bond motifs is 1. The van der Waals surface area contributed by atoms with Gasteiger partial charge in [0.25, 0.3) is 11.1 Å². The minimum atomic E-state index is -0.0894. The fraction of sp³-hybridized carbons (Fsp3) is 0.333. The standard InChI is InChI=1S/C27H26N4O2S/c32-23(17-34-27-29-28-26(33-27)20-14-15-20)31-25(19-10-5-2-6-11-19)22-13-7-12-21(24(22)30-31)16-18-8-3-1-4-9-18/h1-6,8-11,16,20,22,25H,7,12-15,17H2. The van der Waals surface area contributed by atoms with Crippen LogP contribution < -0.4 is 0 Å². The Morgan fingerprint density at radius 1 is 1.03 bits per heavy atom. The zero-order chi connectivity index (χ0) is 22.9. The normalized spacial score (nSPS) is 23.1. The van der Waals surface area contributed by atoms with Gasteiger partial charge < -0.3 is 4.42 Å². The molecule has 0 spiro atoms. The number of allylic oxidation sites excluding steroid dienone is 1. The Labute approximate surface area is 203 Å². The quantitative estimate of drug-likeness (QED) is 0.422. The summed E-state index contributed by atoms with van der Waals surface area (Å²) in [5.41, 5.74) is 4.58. The molecule has 2 atom stereocenters. The average Bonchev–Trinajstić information content (AvgIpc) is 3.48. The molecule has 2 aromatic carbocycles. The Balaban J connectivity index is 1.28. The van der Waals surface area contributed by atoms with Crippen molar-refractivity contribution in [3.63, 3.8) is 0 Å². The minimum Gasteiger partial charge on any atom is -0.416 e. The van der Waals surface area contributed by atoms with Gasteiger partial charge in [0.05, 0.1) is 17.5 Å². The van der Waals surface area contributed by atoms with Crippen LogP contribution in [0.3, 0.4) is 0 Å². The predicted octanol–water partition coefficient (Wildman–Crippen LogP) is 5.86. The van der Waals surface area contributed by atoms with Crippen LogP contribution in [-0.2, 0) is 4.79 Å². The molecule has 2 fully saturated rings. The third kappa shape index (κ3) is 4.32. The van der Waals surface area contributed by atoms with Crippen LogP contribution in [0.15, 0.2) is 81.0 Å². The monoisotopic (exact) mass is 470 g/mol. The highest BCUT2D eigenvalue weighted by Crippen LogP contribution is 2.45. The largest absolute Gasteiger partial charge is 0.416 e. The van der Waals surface area contributed by atoms with Gasteiger partial charge >= 0.3 is 0 Å².